The van der Waals surface area contributed by atoms with Gasteiger partial charge in [-0.3, -0.25) is 0 Å². The van der Waals surface area contributed by atoms with Gasteiger partial charge in [-0.2, -0.15) is 11.8 Å². The van der Waals surface area contributed by atoms with Crippen LogP contribution >= 0.6 is 11.8 Å². The van der Waals surface area contributed by atoms with Gasteiger partial charge in [-0.15, -0.1) is 0 Å². The number of hydrogen-bond donors (Lipinski definition) is 1. The molecule has 0 aliphatic heterocycles. The van der Waals surface area contributed by atoms with Crippen LogP contribution in [0.4, 0.5) is 0 Å². The smallest absolute Gasteiger partial charge is 0.124 e. The predicted octanol–water partition coefficient (Wildman–Crippen LogP) is 2.45. The molecule has 0 amide bonds. The van der Waals surface area contributed by atoms with Crippen molar-refractivity contribution >= 4 is 11.8 Å². The zero-order valence-corrected chi connectivity index (χ0v) is 9.51. The molecule has 2 nitrogen and oxygen atoms in total. The van der Waals surface area contributed by atoms with E-state index in [9.17, 15) is 0 Å². The third kappa shape index (κ3) is 3.24. The van der Waals surface area contributed by atoms with Gasteiger partial charge in [0.05, 0.1) is 6.61 Å². The van der Waals surface area contributed by atoms with E-state index < -0.39 is 0 Å². The number of thioether (sulfide) groups is 1. The minimum atomic E-state index is 0.0282. The van der Waals surface area contributed by atoms with Crippen molar-refractivity contribution in [3.05, 3.63) is 29.8 Å². The van der Waals surface area contributed by atoms with Crippen molar-refractivity contribution < 1.29 is 4.74 Å². The number of hydrogen-bond acceptors (Lipinski definition) is 3. The second kappa shape index (κ2) is 5.94. The van der Waals surface area contributed by atoms with Crippen LogP contribution in [0.3, 0.4) is 0 Å². The Morgan fingerprint density at radius 3 is 2.79 bits per heavy atom. The zero-order valence-electron chi connectivity index (χ0n) is 8.69. The molecule has 0 spiro atoms. The summed E-state index contributed by atoms with van der Waals surface area (Å²) >= 11 is 1.78. The molecule has 0 aromatic heterocycles. The molecule has 0 heterocycles. The van der Waals surface area contributed by atoms with Gasteiger partial charge in [-0.1, -0.05) is 18.2 Å². The van der Waals surface area contributed by atoms with E-state index in [1.807, 2.05) is 31.2 Å². The summed E-state index contributed by atoms with van der Waals surface area (Å²) in [7, 11) is 0. The highest BCUT2D eigenvalue weighted by atomic mass is 32.2. The van der Waals surface area contributed by atoms with Crippen LogP contribution in [0.25, 0.3) is 0 Å². The molecule has 1 unspecified atom stereocenters. The Morgan fingerprint density at radius 2 is 2.14 bits per heavy atom. The normalized spacial score (nSPS) is 12.5. The Bertz CT molecular complexity index is 276. The topological polar surface area (TPSA) is 35.2 Å². The number of para-hydroxylation sites is 1. The van der Waals surface area contributed by atoms with Crippen molar-refractivity contribution in [1.29, 1.82) is 0 Å². The monoisotopic (exact) mass is 211 g/mol. The third-order valence-corrected chi connectivity index (χ3v) is 2.53. The van der Waals surface area contributed by atoms with Gasteiger partial charge in [0, 0.05) is 17.4 Å². The molecule has 1 aromatic carbocycles. The van der Waals surface area contributed by atoms with E-state index in [1.165, 1.54) is 0 Å². The lowest BCUT2D eigenvalue weighted by atomic mass is 10.1. The Labute approximate surface area is 89.8 Å². The van der Waals surface area contributed by atoms with Gasteiger partial charge in [0.25, 0.3) is 0 Å². The number of ether oxygens (including phenoxy) is 1. The Balaban J connectivity index is 2.64. The van der Waals surface area contributed by atoms with Crippen LogP contribution in [-0.4, -0.2) is 18.6 Å². The largest absolute Gasteiger partial charge is 0.492 e. The fraction of sp³-hybridized carbons (Fsp3) is 0.455. The summed E-state index contributed by atoms with van der Waals surface area (Å²) in [6, 6.07) is 7.97. The highest BCUT2D eigenvalue weighted by Crippen LogP contribution is 2.23. The highest BCUT2D eigenvalue weighted by molar-refractivity contribution is 7.98. The van der Waals surface area contributed by atoms with E-state index in [0.29, 0.717) is 0 Å². The molecule has 1 aromatic rings. The lowest BCUT2D eigenvalue weighted by Crippen LogP contribution is -2.09. The van der Waals surface area contributed by atoms with Gasteiger partial charge in [-0.25, -0.2) is 0 Å². The van der Waals surface area contributed by atoms with Crippen molar-refractivity contribution in [3.8, 4) is 5.75 Å². The molecule has 1 rings (SSSR count). The molecule has 1 atom stereocenters. The third-order valence-electron chi connectivity index (χ3n) is 1.95. The first-order valence-electron chi connectivity index (χ1n) is 4.72. The molecule has 0 aliphatic carbocycles. The molecule has 0 radical (unpaired) electrons. The summed E-state index contributed by atoms with van der Waals surface area (Å²) in [5.41, 5.74) is 6.91. The highest BCUT2D eigenvalue weighted by Gasteiger charge is 2.06. The van der Waals surface area contributed by atoms with E-state index in [4.69, 9.17) is 10.5 Å². The number of rotatable bonds is 5. The van der Waals surface area contributed by atoms with Gasteiger partial charge in [0.15, 0.2) is 0 Å². The van der Waals surface area contributed by atoms with Gasteiger partial charge >= 0.3 is 0 Å². The summed E-state index contributed by atoms with van der Waals surface area (Å²) in [5.74, 6) is 1.92. The Kier molecular flexibility index (Phi) is 4.84. The second-order valence-corrected chi connectivity index (χ2v) is 4.15. The molecule has 0 fully saturated rings. The first-order valence-corrected chi connectivity index (χ1v) is 6.11. The molecule has 78 valence electrons. The van der Waals surface area contributed by atoms with Gasteiger partial charge < -0.3 is 10.5 Å². The van der Waals surface area contributed by atoms with Crippen LogP contribution in [0.15, 0.2) is 24.3 Å². The van der Waals surface area contributed by atoms with Crippen molar-refractivity contribution in [2.45, 2.75) is 13.0 Å². The van der Waals surface area contributed by atoms with Gasteiger partial charge in [0.2, 0.25) is 0 Å². The fourth-order valence-corrected chi connectivity index (χ4v) is 1.47. The van der Waals surface area contributed by atoms with E-state index in [1.54, 1.807) is 11.8 Å². The predicted molar refractivity (Wildman–Crippen MR) is 62.9 cm³/mol. The Morgan fingerprint density at radius 1 is 1.43 bits per heavy atom. The zero-order chi connectivity index (χ0) is 10.4. The van der Waals surface area contributed by atoms with Gasteiger partial charge in [0.1, 0.15) is 5.75 Å². The summed E-state index contributed by atoms with van der Waals surface area (Å²) < 4.78 is 5.64. The minimum absolute atomic E-state index is 0.0282. The van der Waals surface area contributed by atoms with E-state index >= 15 is 0 Å². The summed E-state index contributed by atoms with van der Waals surface area (Å²) in [4.78, 5) is 0. The maximum atomic E-state index is 5.83. The lowest BCUT2D eigenvalue weighted by molar-refractivity contribution is 0.338. The van der Waals surface area contributed by atoms with Crippen molar-refractivity contribution in [2.75, 3.05) is 18.6 Å². The quantitative estimate of drug-likeness (QED) is 0.760. The van der Waals surface area contributed by atoms with Crippen LogP contribution in [0.1, 0.15) is 18.5 Å². The number of benzene rings is 1. The average Bonchev–Trinajstić information content (AvgIpc) is 2.19. The molecule has 0 bridgehead atoms. The van der Waals surface area contributed by atoms with Crippen LogP contribution in [0.2, 0.25) is 0 Å². The Hall–Kier alpha value is -0.670. The summed E-state index contributed by atoms with van der Waals surface area (Å²) in [6.45, 7) is 2.71. The fourth-order valence-electron chi connectivity index (χ4n) is 1.22. The van der Waals surface area contributed by atoms with Crippen LogP contribution in [0.5, 0.6) is 5.75 Å². The van der Waals surface area contributed by atoms with Crippen molar-refractivity contribution in [2.24, 2.45) is 5.73 Å². The molecule has 0 aliphatic rings. The molecule has 2 N–H and O–H groups in total. The standard InChI is InChI=1S/C11H17NOS/c1-9(12)10-5-3-4-6-11(10)13-7-8-14-2/h3-6,9H,7-8,12H2,1-2H3. The summed E-state index contributed by atoms with van der Waals surface area (Å²) in [6.07, 6.45) is 2.07. The second-order valence-electron chi connectivity index (χ2n) is 3.17. The average molecular weight is 211 g/mol. The van der Waals surface area contributed by atoms with Gasteiger partial charge in [-0.05, 0) is 19.2 Å². The molecule has 3 heteroatoms. The first-order chi connectivity index (χ1) is 6.75. The van der Waals surface area contributed by atoms with E-state index in [0.717, 1.165) is 23.7 Å². The first kappa shape index (κ1) is 11.4. The molecular weight excluding hydrogens is 194 g/mol. The van der Waals surface area contributed by atoms with Crippen molar-refractivity contribution in [3.63, 3.8) is 0 Å². The molecule has 0 saturated heterocycles. The lowest BCUT2D eigenvalue weighted by Gasteiger charge is -2.13. The summed E-state index contributed by atoms with van der Waals surface area (Å²) in [5, 5.41) is 0. The van der Waals surface area contributed by atoms with Crippen LogP contribution < -0.4 is 10.5 Å². The maximum Gasteiger partial charge on any atom is 0.124 e. The van der Waals surface area contributed by atoms with E-state index in [-0.39, 0.29) is 6.04 Å². The van der Waals surface area contributed by atoms with Crippen LogP contribution in [0, 0.1) is 0 Å². The molecule has 0 saturated carbocycles. The SMILES string of the molecule is CSCCOc1ccccc1C(C)N. The van der Waals surface area contributed by atoms with E-state index in [2.05, 4.69) is 6.26 Å². The van der Waals surface area contributed by atoms with Crippen LogP contribution in [-0.2, 0) is 0 Å². The van der Waals surface area contributed by atoms with Crippen molar-refractivity contribution in [1.82, 2.24) is 0 Å². The number of nitrogens with two attached hydrogens (primary N) is 1. The molecule has 14 heavy (non-hydrogen) atoms. The molecular formula is C11H17NOS. The maximum absolute atomic E-state index is 5.83. The minimum Gasteiger partial charge on any atom is -0.492 e.